The standard InChI is InChI=1S/C13H15N3O2/c17-10-5-6-12-14-15-13(16(12)8-10)7-9-3-1-2-4-11(9)18/h1-4,10,17-18H,5-8H2. The quantitative estimate of drug-likeness (QED) is 0.824. The molecular formula is C13H15N3O2. The van der Waals surface area contributed by atoms with Crippen LogP contribution in [0.4, 0.5) is 0 Å². The van der Waals surface area contributed by atoms with Crippen molar-refractivity contribution in [2.24, 2.45) is 0 Å². The first-order valence-electron chi connectivity index (χ1n) is 6.10. The first-order chi connectivity index (χ1) is 8.74. The molecule has 1 aliphatic heterocycles. The van der Waals surface area contributed by atoms with Crippen molar-refractivity contribution in [1.29, 1.82) is 0 Å². The fraction of sp³-hybridized carbons (Fsp3) is 0.385. The number of aryl methyl sites for hydroxylation is 1. The molecule has 2 N–H and O–H groups in total. The summed E-state index contributed by atoms with van der Waals surface area (Å²) >= 11 is 0. The number of rotatable bonds is 2. The summed E-state index contributed by atoms with van der Waals surface area (Å²) in [5.74, 6) is 1.99. The van der Waals surface area contributed by atoms with Crippen LogP contribution in [0.2, 0.25) is 0 Å². The van der Waals surface area contributed by atoms with Gasteiger partial charge in [-0.25, -0.2) is 0 Å². The normalized spacial score (nSPS) is 18.6. The molecule has 2 heterocycles. The number of nitrogens with zero attached hydrogens (tertiary/aromatic N) is 3. The van der Waals surface area contributed by atoms with Crippen LogP contribution in [-0.4, -0.2) is 31.1 Å². The van der Waals surface area contributed by atoms with E-state index in [0.717, 1.165) is 30.1 Å². The van der Waals surface area contributed by atoms with E-state index in [-0.39, 0.29) is 11.9 Å². The predicted molar refractivity (Wildman–Crippen MR) is 65.3 cm³/mol. The Morgan fingerprint density at radius 2 is 2.11 bits per heavy atom. The fourth-order valence-electron chi connectivity index (χ4n) is 2.33. The van der Waals surface area contributed by atoms with E-state index in [1.54, 1.807) is 12.1 Å². The van der Waals surface area contributed by atoms with Crippen molar-refractivity contribution in [3.05, 3.63) is 41.5 Å². The monoisotopic (exact) mass is 245 g/mol. The molecule has 2 aromatic rings. The van der Waals surface area contributed by atoms with E-state index in [2.05, 4.69) is 10.2 Å². The van der Waals surface area contributed by atoms with Crippen LogP contribution >= 0.6 is 0 Å². The smallest absolute Gasteiger partial charge is 0.137 e. The Kier molecular flexibility index (Phi) is 2.76. The summed E-state index contributed by atoms with van der Waals surface area (Å²) in [6.07, 6.45) is 1.72. The van der Waals surface area contributed by atoms with Gasteiger partial charge in [-0.05, 0) is 12.5 Å². The van der Waals surface area contributed by atoms with Crippen molar-refractivity contribution in [2.75, 3.05) is 0 Å². The topological polar surface area (TPSA) is 71.2 Å². The van der Waals surface area contributed by atoms with Gasteiger partial charge in [0, 0.05) is 18.4 Å². The Hall–Kier alpha value is -1.88. The minimum atomic E-state index is -0.323. The summed E-state index contributed by atoms with van der Waals surface area (Å²) in [5.41, 5.74) is 0.827. The van der Waals surface area contributed by atoms with Crippen LogP contribution in [0, 0.1) is 0 Å². The number of benzene rings is 1. The van der Waals surface area contributed by atoms with Crippen molar-refractivity contribution in [3.8, 4) is 5.75 Å². The van der Waals surface area contributed by atoms with Crippen LogP contribution in [0.3, 0.4) is 0 Å². The number of aromatic hydroxyl groups is 1. The van der Waals surface area contributed by atoms with Crippen LogP contribution in [0.5, 0.6) is 5.75 Å². The van der Waals surface area contributed by atoms with Gasteiger partial charge in [-0.3, -0.25) is 0 Å². The van der Waals surface area contributed by atoms with Gasteiger partial charge in [-0.1, -0.05) is 18.2 Å². The van der Waals surface area contributed by atoms with Crippen LogP contribution in [0.25, 0.3) is 0 Å². The molecule has 0 aliphatic carbocycles. The number of aromatic nitrogens is 3. The number of hydrogen-bond donors (Lipinski definition) is 2. The fourth-order valence-corrected chi connectivity index (χ4v) is 2.33. The predicted octanol–water partition coefficient (Wildman–Crippen LogP) is 0.882. The van der Waals surface area contributed by atoms with Gasteiger partial charge in [0.05, 0.1) is 12.6 Å². The molecule has 0 saturated carbocycles. The maximum Gasteiger partial charge on any atom is 0.137 e. The van der Waals surface area contributed by atoms with Crippen LogP contribution < -0.4 is 0 Å². The molecule has 18 heavy (non-hydrogen) atoms. The second-order valence-electron chi connectivity index (χ2n) is 4.64. The molecule has 1 aromatic heterocycles. The van der Waals surface area contributed by atoms with Crippen molar-refractivity contribution in [2.45, 2.75) is 31.9 Å². The van der Waals surface area contributed by atoms with E-state index in [4.69, 9.17) is 0 Å². The highest BCUT2D eigenvalue weighted by molar-refractivity contribution is 5.34. The SMILES string of the molecule is Oc1ccccc1Cc1nnc2n1CC(O)CC2. The summed E-state index contributed by atoms with van der Waals surface area (Å²) in [4.78, 5) is 0. The molecule has 1 aliphatic rings. The number of fused-ring (bicyclic) bond motifs is 1. The van der Waals surface area contributed by atoms with Gasteiger partial charge < -0.3 is 14.8 Å². The molecule has 0 fully saturated rings. The third-order valence-electron chi connectivity index (χ3n) is 3.34. The number of phenolic OH excluding ortho intramolecular Hbond substituents is 1. The zero-order valence-electron chi connectivity index (χ0n) is 9.95. The maximum absolute atomic E-state index is 9.76. The lowest BCUT2D eigenvalue weighted by molar-refractivity contribution is 0.129. The van der Waals surface area contributed by atoms with Gasteiger partial charge in [0.15, 0.2) is 0 Å². The molecular weight excluding hydrogens is 230 g/mol. The second-order valence-corrected chi connectivity index (χ2v) is 4.64. The van der Waals surface area contributed by atoms with Crippen molar-refractivity contribution < 1.29 is 10.2 Å². The Labute approximate surface area is 105 Å². The Morgan fingerprint density at radius 1 is 1.28 bits per heavy atom. The number of hydrogen-bond acceptors (Lipinski definition) is 4. The average Bonchev–Trinajstić information content (AvgIpc) is 2.75. The zero-order chi connectivity index (χ0) is 12.5. The number of para-hydroxylation sites is 1. The first-order valence-corrected chi connectivity index (χ1v) is 6.10. The molecule has 5 heteroatoms. The first kappa shape index (κ1) is 11.2. The van der Waals surface area contributed by atoms with Gasteiger partial charge in [-0.2, -0.15) is 0 Å². The third-order valence-corrected chi connectivity index (χ3v) is 3.34. The van der Waals surface area contributed by atoms with E-state index < -0.39 is 0 Å². The number of aliphatic hydroxyl groups is 1. The van der Waals surface area contributed by atoms with Crippen molar-refractivity contribution in [1.82, 2.24) is 14.8 Å². The van der Waals surface area contributed by atoms with Crippen LogP contribution in [-0.2, 0) is 19.4 Å². The van der Waals surface area contributed by atoms with Gasteiger partial charge in [0.1, 0.15) is 17.4 Å². The lowest BCUT2D eigenvalue weighted by Crippen LogP contribution is -2.25. The van der Waals surface area contributed by atoms with E-state index in [1.807, 2.05) is 16.7 Å². The van der Waals surface area contributed by atoms with E-state index in [0.29, 0.717) is 13.0 Å². The van der Waals surface area contributed by atoms with Gasteiger partial charge >= 0.3 is 0 Å². The van der Waals surface area contributed by atoms with Gasteiger partial charge in [0.2, 0.25) is 0 Å². The Bertz CT molecular complexity index is 565. The second kappa shape index (κ2) is 4.42. The Balaban J connectivity index is 1.90. The molecule has 0 radical (unpaired) electrons. The van der Waals surface area contributed by atoms with Crippen LogP contribution in [0.15, 0.2) is 24.3 Å². The molecule has 94 valence electrons. The van der Waals surface area contributed by atoms with E-state index in [1.165, 1.54) is 0 Å². The highest BCUT2D eigenvalue weighted by Crippen LogP contribution is 2.21. The zero-order valence-corrected chi connectivity index (χ0v) is 9.95. The lowest BCUT2D eigenvalue weighted by atomic mass is 10.1. The molecule has 5 nitrogen and oxygen atoms in total. The summed E-state index contributed by atoms with van der Waals surface area (Å²) < 4.78 is 1.96. The number of phenols is 1. The van der Waals surface area contributed by atoms with E-state index in [9.17, 15) is 10.2 Å². The maximum atomic E-state index is 9.76. The molecule has 1 aromatic carbocycles. The molecule has 0 amide bonds. The summed E-state index contributed by atoms with van der Waals surface area (Å²) in [6.45, 7) is 0.547. The van der Waals surface area contributed by atoms with Gasteiger partial charge in [-0.15, -0.1) is 10.2 Å². The Morgan fingerprint density at radius 3 is 2.94 bits per heavy atom. The van der Waals surface area contributed by atoms with Crippen molar-refractivity contribution in [3.63, 3.8) is 0 Å². The van der Waals surface area contributed by atoms with Crippen molar-refractivity contribution >= 4 is 0 Å². The molecule has 3 rings (SSSR count). The minimum Gasteiger partial charge on any atom is -0.508 e. The highest BCUT2D eigenvalue weighted by Gasteiger charge is 2.21. The van der Waals surface area contributed by atoms with Gasteiger partial charge in [0.25, 0.3) is 0 Å². The largest absolute Gasteiger partial charge is 0.508 e. The van der Waals surface area contributed by atoms with Crippen LogP contribution in [0.1, 0.15) is 23.6 Å². The molecule has 0 bridgehead atoms. The lowest BCUT2D eigenvalue weighted by Gasteiger charge is -2.20. The molecule has 0 spiro atoms. The highest BCUT2D eigenvalue weighted by atomic mass is 16.3. The minimum absolute atomic E-state index is 0.270. The summed E-state index contributed by atoms with van der Waals surface area (Å²) in [7, 11) is 0. The molecule has 0 saturated heterocycles. The number of aliphatic hydroxyl groups excluding tert-OH is 1. The summed E-state index contributed by atoms with van der Waals surface area (Å²) in [6, 6.07) is 7.22. The summed E-state index contributed by atoms with van der Waals surface area (Å²) in [5, 5.41) is 27.7. The van der Waals surface area contributed by atoms with E-state index >= 15 is 0 Å². The molecule has 1 unspecified atom stereocenters. The molecule has 1 atom stereocenters. The average molecular weight is 245 g/mol. The third kappa shape index (κ3) is 1.97.